The molecule has 2 aromatic carbocycles. The first kappa shape index (κ1) is 15.8. The number of carbonyl (C=O) groups is 1. The largest absolute Gasteiger partial charge is 0.469 e. The van der Waals surface area contributed by atoms with E-state index in [0.29, 0.717) is 0 Å². The van der Waals surface area contributed by atoms with E-state index < -0.39 is 5.60 Å². The second kappa shape index (κ2) is 5.19. The van der Waals surface area contributed by atoms with Crippen molar-refractivity contribution in [3.8, 4) is 0 Å². The zero-order chi connectivity index (χ0) is 18.3. The van der Waals surface area contributed by atoms with Gasteiger partial charge in [0.25, 0.3) is 0 Å². The Morgan fingerprint density at radius 3 is 2.19 bits per heavy atom. The Labute approximate surface area is 157 Å². The van der Waals surface area contributed by atoms with Gasteiger partial charge < -0.3 is 9.47 Å². The zero-order valence-corrected chi connectivity index (χ0v) is 15.2. The highest BCUT2D eigenvalue weighted by molar-refractivity contribution is 5.77. The van der Waals surface area contributed by atoms with Gasteiger partial charge in [0, 0.05) is 18.9 Å². The summed E-state index contributed by atoms with van der Waals surface area (Å²) in [6, 6.07) is 18.3. The Hall–Kier alpha value is -2.21. The van der Waals surface area contributed by atoms with Gasteiger partial charge in [0.1, 0.15) is 11.5 Å². The number of nitrogens with zero attached hydrogens (tertiary/aromatic N) is 1. The predicted molar refractivity (Wildman–Crippen MR) is 96.3 cm³/mol. The van der Waals surface area contributed by atoms with Gasteiger partial charge in [-0.3, -0.25) is 9.63 Å². The van der Waals surface area contributed by atoms with Crippen molar-refractivity contribution in [1.29, 1.82) is 0 Å². The first-order valence-corrected chi connectivity index (χ1v) is 9.47. The number of ether oxygens (including phenoxy) is 2. The molecule has 0 radical (unpaired) electrons. The lowest BCUT2D eigenvalue weighted by Gasteiger charge is -2.24. The molecule has 1 saturated carbocycles. The molecule has 2 saturated heterocycles. The fraction of sp³-hybridized carbons (Fsp3) is 0.409. The number of hydroxylamine groups is 2. The molecule has 1 spiro atoms. The Balaban J connectivity index is 1.45. The molecule has 3 heterocycles. The quantitative estimate of drug-likeness (QED) is 0.767. The molecule has 2 bridgehead atoms. The summed E-state index contributed by atoms with van der Waals surface area (Å²) < 4.78 is 11.5. The van der Waals surface area contributed by atoms with Crippen molar-refractivity contribution in [2.45, 2.75) is 23.9 Å². The van der Waals surface area contributed by atoms with Crippen LogP contribution in [-0.2, 0) is 19.1 Å². The molecule has 4 unspecified atom stereocenters. The number of esters is 1. The molecule has 5 heteroatoms. The van der Waals surface area contributed by atoms with Crippen molar-refractivity contribution in [3.05, 3.63) is 71.3 Å². The first-order valence-electron chi connectivity index (χ1n) is 9.47. The summed E-state index contributed by atoms with van der Waals surface area (Å²) >= 11 is 0. The third kappa shape index (κ3) is 1.77. The molecule has 1 aliphatic carbocycles. The molecule has 3 aliphatic heterocycles. The molecule has 0 amide bonds. The zero-order valence-electron chi connectivity index (χ0n) is 15.2. The number of carbonyl (C=O) groups excluding carboxylic acids is 1. The smallest absolute Gasteiger partial charge is 0.313 e. The fourth-order valence-corrected chi connectivity index (χ4v) is 6.03. The van der Waals surface area contributed by atoms with E-state index in [9.17, 15) is 4.79 Å². The van der Waals surface area contributed by atoms with Crippen molar-refractivity contribution < 1.29 is 19.1 Å². The van der Waals surface area contributed by atoms with Crippen molar-refractivity contribution >= 4 is 5.97 Å². The maximum Gasteiger partial charge on any atom is 0.313 e. The van der Waals surface area contributed by atoms with Crippen LogP contribution in [-0.4, -0.2) is 30.8 Å². The minimum absolute atomic E-state index is 0.00581. The molecule has 5 nitrogen and oxygen atoms in total. The third-order valence-corrected chi connectivity index (χ3v) is 6.97. The van der Waals surface area contributed by atoms with Crippen molar-refractivity contribution in [2.75, 3.05) is 14.2 Å². The van der Waals surface area contributed by atoms with E-state index in [1.54, 1.807) is 0 Å². The molecule has 138 valence electrons. The van der Waals surface area contributed by atoms with Crippen molar-refractivity contribution in [2.24, 2.45) is 17.8 Å². The number of hydrogen-bond donors (Lipinski definition) is 0. The van der Waals surface area contributed by atoms with Gasteiger partial charge in [-0.25, -0.2) is 0 Å². The van der Waals surface area contributed by atoms with Gasteiger partial charge >= 0.3 is 5.97 Å². The Morgan fingerprint density at radius 2 is 1.59 bits per heavy atom. The van der Waals surface area contributed by atoms with E-state index in [0.717, 1.165) is 5.56 Å². The second-order valence-electron chi connectivity index (χ2n) is 8.01. The number of benzene rings is 2. The summed E-state index contributed by atoms with van der Waals surface area (Å²) in [6.45, 7) is 0. The molecule has 2 aromatic rings. The van der Waals surface area contributed by atoms with Crippen LogP contribution in [0.15, 0.2) is 54.6 Å². The SMILES string of the molecule is COC(=O)[C@H]1[C@H](c2ccccc2)N(C)OC12C1C3OC(c4ccccc43)C12. The van der Waals surface area contributed by atoms with Crippen LogP contribution in [0.4, 0.5) is 0 Å². The Morgan fingerprint density at radius 1 is 1.00 bits per heavy atom. The van der Waals surface area contributed by atoms with E-state index in [1.165, 1.54) is 18.2 Å². The summed E-state index contributed by atoms with van der Waals surface area (Å²) in [5, 5.41) is 1.86. The highest BCUT2D eigenvalue weighted by Gasteiger charge is 2.86. The van der Waals surface area contributed by atoms with Crippen LogP contribution in [0, 0.1) is 17.8 Å². The minimum Gasteiger partial charge on any atom is -0.469 e. The highest BCUT2D eigenvalue weighted by Crippen LogP contribution is 2.80. The summed E-state index contributed by atoms with van der Waals surface area (Å²) in [5.74, 6) is -0.186. The van der Waals surface area contributed by atoms with Crippen LogP contribution < -0.4 is 0 Å². The second-order valence-corrected chi connectivity index (χ2v) is 8.01. The van der Waals surface area contributed by atoms with Gasteiger partial charge in [-0.15, -0.1) is 0 Å². The lowest BCUT2D eigenvalue weighted by atomic mass is 9.85. The maximum atomic E-state index is 13.0. The average Bonchev–Trinajstić information content (AvgIpc) is 3.02. The van der Waals surface area contributed by atoms with E-state index in [1.807, 2.05) is 30.3 Å². The fourth-order valence-electron chi connectivity index (χ4n) is 6.03. The number of methoxy groups -OCH3 is 1. The molecule has 27 heavy (non-hydrogen) atoms. The normalized spacial score (nSPS) is 40.8. The number of fused-ring (bicyclic) bond motifs is 10. The van der Waals surface area contributed by atoms with Gasteiger partial charge in [-0.05, 0) is 16.7 Å². The molecular weight excluding hydrogens is 342 g/mol. The topological polar surface area (TPSA) is 48.0 Å². The van der Waals surface area contributed by atoms with Crippen LogP contribution in [0.3, 0.4) is 0 Å². The summed E-state index contributed by atoms with van der Waals surface area (Å²) in [6.07, 6.45) is 0.0116. The Kier molecular flexibility index (Phi) is 3.04. The predicted octanol–water partition coefficient (Wildman–Crippen LogP) is 3.20. The minimum atomic E-state index is -0.547. The lowest BCUT2D eigenvalue weighted by Crippen LogP contribution is -2.35. The molecule has 6 atom stereocenters. The van der Waals surface area contributed by atoms with Gasteiger partial charge in [0.2, 0.25) is 0 Å². The third-order valence-electron chi connectivity index (χ3n) is 6.97. The summed E-state index contributed by atoms with van der Waals surface area (Å²) in [7, 11) is 3.39. The van der Waals surface area contributed by atoms with Crippen LogP contribution in [0.25, 0.3) is 0 Å². The van der Waals surface area contributed by atoms with Gasteiger partial charge in [-0.2, -0.15) is 5.06 Å². The average molecular weight is 363 g/mol. The monoisotopic (exact) mass is 363 g/mol. The van der Waals surface area contributed by atoms with Gasteiger partial charge in [-0.1, -0.05) is 54.6 Å². The summed E-state index contributed by atoms with van der Waals surface area (Å²) in [4.78, 5) is 19.5. The highest BCUT2D eigenvalue weighted by atomic mass is 16.7. The first-order chi connectivity index (χ1) is 13.2. The molecule has 6 rings (SSSR count). The maximum absolute atomic E-state index is 13.0. The van der Waals surface area contributed by atoms with Crippen molar-refractivity contribution in [3.63, 3.8) is 0 Å². The van der Waals surface area contributed by atoms with E-state index in [4.69, 9.17) is 14.3 Å². The van der Waals surface area contributed by atoms with Crippen LogP contribution in [0.1, 0.15) is 34.9 Å². The van der Waals surface area contributed by atoms with Crippen LogP contribution in [0.2, 0.25) is 0 Å². The lowest BCUT2D eigenvalue weighted by molar-refractivity contribution is -0.186. The molecule has 0 aromatic heterocycles. The van der Waals surface area contributed by atoms with Crippen LogP contribution >= 0.6 is 0 Å². The number of hydrogen-bond acceptors (Lipinski definition) is 5. The summed E-state index contributed by atoms with van der Waals surface area (Å²) in [5.41, 5.74) is 3.02. The van der Waals surface area contributed by atoms with E-state index in [-0.39, 0.29) is 42.0 Å². The molecule has 4 aliphatic rings. The van der Waals surface area contributed by atoms with Gasteiger partial charge in [0.05, 0.1) is 25.4 Å². The van der Waals surface area contributed by atoms with E-state index in [2.05, 4.69) is 36.4 Å². The molecule has 0 N–H and O–H groups in total. The van der Waals surface area contributed by atoms with E-state index >= 15 is 0 Å². The number of rotatable bonds is 2. The Bertz CT molecular complexity index is 894. The molecular formula is C22H21NO4. The standard InChI is InChI=1S/C22H21NO4/c1-23-18(12-8-4-3-5-9-12)17(21(24)25-2)22(27-23)15-16(22)20-14-11-7-6-10-13(14)19(15)26-20/h3-11,15-20H,1-2H3/t15?,16?,17-,18+,19?,20?,22?/m1/s1. The molecule has 3 fully saturated rings. The van der Waals surface area contributed by atoms with Gasteiger partial charge in [0.15, 0.2) is 0 Å². The van der Waals surface area contributed by atoms with Crippen LogP contribution in [0.5, 0.6) is 0 Å². The van der Waals surface area contributed by atoms with Crippen molar-refractivity contribution in [1.82, 2.24) is 5.06 Å².